The van der Waals surface area contributed by atoms with Crippen molar-refractivity contribution in [3.05, 3.63) is 56.2 Å². The first kappa shape index (κ1) is 13.2. The SMILES string of the molecule is Cc1cccc(Cl)c1C=O.Clc1cccs1. The molecule has 0 saturated carbocycles. The van der Waals surface area contributed by atoms with Crippen molar-refractivity contribution in [1.82, 2.24) is 0 Å². The second-order valence-electron chi connectivity index (χ2n) is 3.01. The van der Waals surface area contributed by atoms with Gasteiger partial charge in [-0.05, 0) is 36.1 Å². The summed E-state index contributed by atoms with van der Waals surface area (Å²) in [5.74, 6) is 0. The van der Waals surface area contributed by atoms with Gasteiger partial charge in [-0.2, -0.15) is 0 Å². The monoisotopic (exact) mass is 272 g/mol. The molecule has 1 heterocycles. The van der Waals surface area contributed by atoms with E-state index in [1.165, 1.54) is 0 Å². The van der Waals surface area contributed by atoms with Crippen LogP contribution in [0.1, 0.15) is 15.9 Å². The highest BCUT2D eigenvalue weighted by Gasteiger charge is 1.99. The lowest BCUT2D eigenvalue weighted by Crippen LogP contribution is -1.85. The third-order valence-electron chi connectivity index (χ3n) is 1.88. The maximum absolute atomic E-state index is 10.4. The number of rotatable bonds is 1. The normalized spacial score (nSPS) is 9.19. The van der Waals surface area contributed by atoms with Crippen molar-refractivity contribution in [2.24, 2.45) is 0 Å². The molecule has 1 aromatic carbocycles. The van der Waals surface area contributed by atoms with Gasteiger partial charge in [0.05, 0.1) is 9.36 Å². The smallest absolute Gasteiger partial charge is 0.151 e. The molecule has 0 saturated heterocycles. The zero-order chi connectivity index (χ0) is 12.0. The maximum Gasteiger partial charge on any atom is 0.151 e. The minimum atomic E-state index is 0.523. The molecule has 0 aliphatic rings. The number of halogens is 2. The lowest BCUT2D eigenvalue weighted by molar-refractivity contribution is 0.112. The van der Waals surface area contributed by atoms with Gasteiger partial charge in [-0.1, -0.05) is 35.3 Å². The molecule has 0 fully saturated rings. The largest absolute Gasteiger partial charge is 0.298 e. The molecule has 0 aliphatic heterocycles. The predicted molar refractivity (Wildman–Crippen MR) is 70.9 cm³/mol. The Kier molecular flexibility index (Phi) is 5.53. The van der Waals surface area contributed by atoms with Crippen LogP contribution in [0.5, 0.6) is 0 Å². The first-order valence-electron chi connectivity index (χ1n) is 4.54. The van der Waals surface area contributed by atoms with Crippen molar-refractivity contribution in [3.63, 3.8) is 0 Å². The van der Waals surface area contributed by atoms with Gasteiger partial charge in [0.1, 0.15) is 0 Å². The van der Waals surface area contributed by atoms with Gasteiger partial charge in [-0.25, -0.2) is 0 Å². The number of carbonyl (C=O) groups excluding carboxylic acids is 1. The third-order valence-corrected chi connectivity index (χ3v) is 3.25. The van der Waals surface area contributed by atoms with Gasteiger partial charge < -0.3 is 0 Å². The Bertz CT molecular complexity index is 432. The molecule has 4 heteroatoms. The van der Waals surface area contributed by atoms with Gasteiger partial charge in [-0.15, -0.1) is 11.3 Å². The minimum Gasteiger partial charge on any atom is -0.298 e. The highest BCUT2D eigenvalue weighted by atomic mass is 35.5. The predicted octanol–water partition coefficient (Wildman–Crippen LogP) is 4.86. The number of hydrogen-bond acceptors (Lipinski definition) is 2. The molecule has 0 radical (unpaired) electrons. The second-order valence-corrected chi connectivity index (χ2v) is 4.99. The summed E-state index contributed by atoms with van der Waals surface area (Å²) in [4.78, 5) is 10.4. The summed E-state index contributed by atoms with van der Waals surface area (Å²) in [7, 11) is 0. The highest BCUT2D eigenvalue weighted by Crippen LogP contribution is 2.16. The Balaban J connectivity index is 0.000000181. The summed E-state index contributed by atoms with van der Waals surface area (Å²) in [6.45, 7) is 1.86. The van der Waals surface area contributed by atoms with Crippen LogP contribution in [-0.2, 0) is 0 Å². The van der Waals surface area contributed by atoms with E-state index in [2.05, 4.69) is 0 Å². The van der Waals surface area contributed by atoms with Crippen molar-refractivity contribution in [2.45, 2.75) is 6.92 Å². The highest BCUT2D eigenvalue weighted by molar-refractivity contribution is 7.14. The quantitative estimate of drug-likeness (QED) is 0.678. The summed E-state index contributed by atoms with van der Waals surface area (Å²) in [5.41, 5.74) is 1.51. The minimum absolute atomic E-state index is 0.523. The molecule has 0 bridgehead atoms. The molecule has 0 atom stereocenters. The van der Waals surface area contributed by atoms with Crippen molar-refractivity contribution >= 4 is 40.8 Å². The average molecular weight is 273 g/mol. The Labute approximate surface area is 109 Å². The first-order valence-corrected chi connectivity index (χ1v) is 6.18. The Hall–Kier alpha value is -0.830. The summed E-state index contributed by atoms with van der Waals surface area (Å²) < 4.78 is 0.856. The molecule has 16 heavy (non-hydrogen) atoms. The number of benzene rings is 1. The number of aryl methyl sites for hydroxylation is 1. The van der Waals surface area contributed by atoms with E-state index in [-0.39, 0.29) is 0 Å². The van der Waals surface area contributed by atoms with E-state index in [0.29, 0.717) is 10.6 Å². The van der Waals surface area contributed by atoms with Crippen molar-refractivity contribution in [1.29, 1.82) is 0 Å². The van der Waals surface area contributed by atoms with Crippen LogP contribution in [0.3, 0.4) is 0 Å². The molecule has 1 aromatic heterocycles. The van der Waals surface area contributed by atoms with Crippen LogP contribution in [0.4, 0.5) is 0 Å². The molecule has 1 nitrogen and oxygen atoms in total. The van der Waals surface area contributed by atoms with Gasteiger partial charge in [0.2, 0.25) is 0 Å². The van der Waals surface area contributed by atoms with Crippen molar-refractivity contribution in [3.8, 4) is 0 Å². The molecule has 0 N–H and O–H groups in total. The van der Waals surface area contributed by atoms with Crippen LogP contribution in [0, 0.1) is 6.92 Å². The van der Waals surface area contributed by atoms with Gasteiger partial charge >= 0.3 is 0 Å². The molecular formula is C12H10Cl2OS. The van der Waals surface area contributed by atoms with E-state index < -0.39 is 0 Å². The van der Waals surface area contributed by atoms with E-state index in [0.717, 1.165) is 16.2 Å². The fraction of sp³-hybridized carbons (Fsp3) is 0.0833. The fourth-order valence-electron chi connectivity index (χ4n) is 1.05. The molecule has 0 unspecified atom stereocenters. The van der Waals surface area contributed by atoms with E-state index in [4.69, 9.17) is 23.2 Å². The van der Waals surface area contributed by atoms with Gasteiger partial charge in [0.25, 0.3) is 0 Å². The molecule has 0 spiro atoms. The standard InChI is InChI=1S/C8H7ClO.C4H3ClS/c1-6-3-2-4-8(9)7(6)5-10;5-4-2-1-3-6-4/h2-5H,1H3;1-3H. The number of hydrogen-bond donors (Lipinski definition) is 0. The summed E-state index contributed by atoms with van der Waals surface area (Å²) in [6.07, 6.45) is 0.775. The number of aldehydes is 1. The van der Waals surface area contributed by atoms with Crippen LogP contribution in [0.25, 0.3) is 0 Å². The summed E-state index contributed by atoms with van der Waals surface area (Å²) in [5, 5.41) is 2.47. The van der Waals surface area contributed by atoms with Gasteiger partial charge in [0.15, 0.2) is 6.29 Å². The van der Waals surface area contributed by atoms with Crippen LogP contribution in [0.15, 0.2) is 35.7 Å². The molecule has 2 rings (SSSR count). The van der Waals surface area contributed by atoms with Crippen LogP contribution < -0.4 is 0 Å². The zero-order valence-electron chi connectivity index (χ0n) is 8.61. The molecule has 2 aromatic rings. The van der Waals surface area contributed by atoms with Crippen molar-refractivity contribution in [2.75, 3.05) is 0 Å². The zero-order valence-corrected chi connectivity index (χ0v) is 10.9. The summed E-state index contributed by atoms with van der Waals surface area (Å²) in [6, 6.07) is 9.18. The van der Waals surface area contributed by atoms with Crippen LogP contribution in [-0.4, -0.2) is 6.29 Å². The fourth-order valence-corrected chi connectivity index (χ4v) is 1.99. The van der Waals surface area contributed by atoms with Crippen LogP contribution in [0.2, 0.25) is 9.36 Å². The molecule has 84 valence electrons. The summed E-state index contributed by atoms with van der Waals surface area (Å²) >= 11 is 12.7. The maximum atomic E-state index is 10.4. The van der Waals surface area contributed by atoms with E-state index in [1.54, 1.807) is 17.4 Å². The van der Waals surface area contributed by atoms with E-state index in [9.17, 15) is 4.79 Å². The number of thiophene rings is 1. The Morgan fingerprint density at radius 2 is 1.94 bits per heavy atom. The van der Waals surface area contributed by atoms with Gasteiger partial charge in [-0.3, -0.25) is 4.79 Å². The average Bonchev–Trinajstić information content (AvgIpc) is 2.70. The first-order chi connectivity index (χ1) is 7.65. The van der Waals surface area contributed by atoms with Gasteiger partial charge in [0, 0.05) is 5.56 Å². The second kappa shape index (κ2) is 6.69. The molecule has 0 aliphatic carbocycles. The Morgan fingerprint density at radius 3 is 2.25 bits per heavy atom. The van der Waals surface area contributed by atoms with E-state index in [1.807, 2.05) is 36.6 Å². The third kappa shape index (κ3) is 3.97. The lowest BCUT2D eigenvalue weighted by Gasteiger charge is -1.97. The lowest BCUT2D eigenvalue weighted by atomic mass is 10.1. The Morgan fingerprint density at radius 1 is 1.19 bits per heavy atom. The number of carbonyl (C=O) groups is 1. The van der Waals surface area contributed by atoms with Crippen LogP contribution >= 0.6 is 34.5 Å². The topological polar surface area (TPSA) is 17.1 Å². The van der Waals surface area contributed by atoms with E-state index >= 15 is 0 Å². The molecular weight excluding hydrogens is 263 g/mol. The van der Waals surface area contributed by atoms with Crippen molar-refractivity contribution < 1.29 is 4.79 Å². The molecule has 0 amide bonds.